The summed E-state index contributed by atoms with van der Waals surface area (Å²) in [5.74, 6) is 1.25. The van der Waals surface area contributed by atoms with Crippen LogP contribution in [0.3, 0.4) is 0 Å². The molecule has 38 heavy (non-hydrogen) atoms. The van der Waals surface area contributed by atoms with Gasteiger partial charge >= 0.3 is 0 Å². The lowest BCUT2D eigenvalue weighted by molar-refractivity contribution is 0.722. The van der Waals surface area contributed by atoms with E-state index < -0.39 is 0 Å². The van der Waals surface area contributed by atoms with E-state index in [1.807, 2.05) is 0 Å². The average Bonchev–Trinajstić information content (AvgIpc) is 3.62. The van der Waals surface area contributed by atoms with Crippen LogP contribution in [-0.2, 0) is 0 Å². The zero-order valence-corrected chi connectivity index (χ0v) is 24.2. The zero-order chi connectivity index (χ0) is 26.8. The summed E-state index contributed by atoms with van der Waals surface area (Å²) < 4.78 is 0. The summed E-state index contributed by atoms with van der Waals surface area (Å²) in [6.07, 6.45) is 10.4. The Morgan fingerprint density at radius 3 is 1.42 bits per heavy atom. The number of hydrogen-bond acceptors (Lipinski definition) is 3. The summed E-state index contributed by atoms with van der Waals surface area (Å²) in [6, 6.07) is 15.5. The smallest absolute Gasteiger partial charge is 0.0849 e. The van der Waals surface area contributed by atoms with Crippen LogP contribution in [0.25, 0.3) is 0 Å². The van der Waals surface area contributed by atoms with Gasteiger partial charge in [-0.2, -0.15) is 0 Å². The highest BCUT2D eigenvalue weighted by atomic mass is 14.8. The first-order chi connectivity index (χ1) is 18.3. The lowest BCUT2D eigenvalue weighted by atomic mass is 9.92. The van der Waals surface area contributed by atoms with Crippen LogP contribution in [0.1, 0.15) is 122 Å². The van der Waals surface area contributed by atoms with Gasteiger partial charge in [-0.3, -0.25) is 9.98 Å². The van der Waals surface area contributed by atoms with Crippen molar-refractivity contribution >= 4 is 22.8 Å². The van der Waals surface area contributed by atoms with E-state index in [4.69, 9.17) is 15.0 Å². The molecule has 0 saturated heterocycles. The highest BCUT2D eigenvalue weighted by Crippen LogP contribution is 2.42. The van der Waals surface area contributed by atoms with E-state index in [0.29, 0.717) is 11.8 Å². The fraction of sp³-hybridized carbons (Fsp3) is 0.457. The summed E-state index contributed by atoms with van der Waals surface area (Å²) >= 11 is 0. The van der Waals surface area contributed by atoms with E-state index in [-0.39, 0.29) is 0 Å². The topological polar surface area (TPSA) is 37.6 Å². The van der Waals surface area contributed by atoms with Crippen molar-refractivity contribution in [1.82, 2.24) is 4.98 Å². The third kappa shape index (κ3) is 5.67. The summed E-state index contributed by atoms with van der Waals surface area (Å²) in [5, 5.41) is 0. The maximum atomic E-state index is 5.20. The van der Waals surface area contributed by atoms with Gasteiger partial charge in [-0.25, -0.2) is 4.98 Å². The Bertz CT molecular complexity index is 1280. The van der Waals surface area contributed by atoms with E-state index in [1.54, 1.807) is 0 Å². The Morgan fingerprint density at radius 2 is 1.03 bits per heavy atom. The molecule has 2 fully saturated rings. The fourth-order valence-corrected chi connectivity index (χ4v) is 6.67. The molecule has 0 radical (unpaired) electrons. The molecule has 3 aromatic rings. The minimum atomic E-state index is 0.626. The predicted octanol–water partition coefficient (Wildman–Crippen LogP) is 9.91. The van der Waals surface area contributed by atoms with Gasteiger partial charge in [0.15, 0.2) is 0 Å². The number of aryl methyl sites for hydroxylation is 4. The number of hydrogen-bond donors (Lipinski definition) is 0. The van der Waals surface area contributed by atoms with Gasteiger partial charge in [0, 0.05) is 0 Å². The summed E-state index contributed by atoms with van der Waals surface area (Å²) in [7, 11) is 0. The number of aromatic nitrogens is 1. The van der Waals surface area contributed by atoms with Crippen molar-refractivity contribution in [3.05, 3.63) is 87.2 Å². The number of benzene rings is 2. The number of rotatable bonds is 6. The van der Waals surface area contributed by atoms with E-state index in [2.05, 4.69) is 84.0 Å². The maximum Gasteiger partial charge on any atom is 0.0849 e. The van der Waals surface area contributed by atoms with Crippen LogP contribution in [0.2, 0.25) is 0 Å². The second-order valence-corrected chi connectivity index (χ2v) is 11.8. The van der Waals surface area contributed by atoms with Gasteiger partial charge < -0.3 is 0 Å². The molecule has 198 valence electrons. The monoisotopic (exact) mass is 505 g/mol. The molecule has 0 spiro atoms. The molecule has 2 aliphatic rings. The molecule has 0 atom stereocenters. The molecule has 0 aliphatic heterocycles. The third-order valence-corrected chi connectivity index (χ3v) is 8.59. The molecule has 1 heterocycles. The molecular weight excluding hydrogens is 462 g/mol. The molecule has 2 aliphatic carbocycles. The summed E-state index contributed by atoms with van der Waals surface area (Å²) in [5.41, 5.74) is 14.1. The van der Waals surface area contributed by atoms with Gasteiger partial charge in [0.2, 0.25) is 0 Å². The van der Waals surface area contributed by atoms with Gasteiger partial charge in [-0.05, 0) is 113 Å². The minimum Gasteiger partial charge on any atom is -0.251 e. The molecule has 2 aromatic carbocycles. The first-order valence-corrected chi connectivity index (χ1v) is 14.6. The second kappa shape index (κ2) is 11.4. The van der Waals surface area contributed by atoms with Crippen LogP contribution in [0.4, 0.5) is 11.4 Å². The fourth-order valence-electron chi connectivity index (χ4n) is 6.67. The average molecular weight is 506 g/mol. The standard InChI is InChI=1S/C35H43N3/c1-22-18-24(3)34(30(20-22)28-12-7-8-13-28)36-26(5)32-16-11-17-33(38-32)27(6)37-35-25(4)19-23(2)21-31(35)29-14-9-10-15-29/h11,16-21,28-29H,7-10,12-15H2,1-6H3. The van der Waals surface area contributed by atoms with E-state index in [0.717, 1.165) is 34.2 Å². The Hall–Kier alpha value is -3.07. The molecule has 0 N–H and O–H groups in total. The van der Waals surface area contributed by atoms with Crippen molar-refractivity contribution in [1.29, 1.82) is 0 Å². The van der Waals surface area contributed by atoms with Crippen molar-refractivity contribution in [3.63, 3.8) is 0 Å². The molecule has 3 nitrogen and oxygen atoms in total. The van der Waals surface area contributed by atoms with E-state index >= 15 is 0 Å². The highest BCUT2D eigenvalue weighted by molar-refractivity contribution is 6.02. The van der Waals surface area contributed by atoms with E-state index in [9.17, 15) is 0 Å². The minimum absolute atomic E-state index is 0.626. The molecule has 0 unspecified atom stereocenters. The number of nitrogens with zero attached hydrogens (tertiary/aromatic N) is 3. The first kappa shape index (κ1) is 26.5. The largest absolute Gasteiger partial charge is 0.251 e. The zero-order valence-electron chi connectivity index (χ0n) is 24.2. The van der Waals surface area contributed by atoms with Gasteiger partial charge in [0.05, 0.1) is 34.2 Å². The second-order valence-electron chi connectivity index (χ2n) is 11.8. The Labute approximate surface area is 229 Å². The Morgan fingerprint density at radius 1 is 0.632 bits per heavy atom. The highest BCUT2D eigenvalue weighted by Gasteiger charge is 2.23. The molecule has 0 bridgehead atoms. The van der Waals surface area contributed by atoms with Crippen LogP contribution in [-0.4, -0.2) is 16.4 Å². The summed E-state index contributed by atoms with van der Waals surface area (Å²) in [4.78, 5) is 15.5. The van der Waals surface area contributed by atoms with Gasteiger partial charge in [-0.15, -0.1) is 0 Å². The van der Waals surface area contributed by atoms with Crippen molar-refractivity contribution in [2.24, 2.45) is 9.98 Å². The van der Waals surface area contributed by atoms with Crippen molar-refractivity contribution in [3.8, 4) is 0 Å². The third-order valence-electron chi connectivity index (χ3n) is 8.59. The summed E-state index contributed by atoms with van der Waals surface area (Å²) in [6.45, 7) is 13.0. The Balaban J connectivity index is 1.49. The number of pyridine rings is 1. The normalized spacial score (nSPS) is 17.5. The van der Waals surface area contributed by atoms with Gasteiger partial charge in [0.25, 0.3) is 0 Å². The van der Waals surface area contributed by atoms with Crippen LogP contribution in [0.15, 0.2) is 52.4 Å². The quantitative estimate of drug-likeness (QED) is 0.307. The SMILES string of the molecule is CC(=Nc1c(C)cc(C)cc1C1CCCC1)c1cccc(C(C)=Nc2c(C)cc(C)cc2C2CCCC2)n1. The Kier molecular flexibility index (Phi) is 7.93. The first-order valence-electron chi connectivity index (χ1n) is 14.6. The molecule has 2 saturated carbocycles. The van der Waals surface area contributed by atoms with Gasteiger partial charge in [0.1, 0.15) is 0 Å². The molecule has 0 amide bonds. The predicted molar refractivity (Wildman–Crippen MR) is 162 cm³/mol. The van der Waals surface area contributed by atoms with Crippen LogP contribution >= 0.6 is 0 Å². The van der Waals surface area contributed by atoms with Crippen LogP contribution in [0, 0.1) is 27.7 Å². The molecule has 3 heteroatoms. The lowest BCUT2D eigenvalue weighted by Crippen LogP contribution is -2.06. The van der Waals surface area contributed by atoms with Crippen LogP contribution < -0.4 is 0 Å². The van der Waals surface area contributed by atoms with Crippen molar-refractivity contribution in [2.75, 3.05) is 0 Å². The molecule has 1 aromatic heterocycles. The van der Waals surface area contributed by atoms with Crippen molar-refractivity contribution < 1.29 is 0 Å². The van der Waals surface area contributed by atoms with Gasteiger partial charge in [-0.1, -0.05) is 67.1 Å². The molecule has 5 rings (SSSR count). The number of aliphatic imine (C=N–C) groups is 2. The van der Waals surface area contributed by atoms with Crippen LogP contribution in [0.5, 0.6) is 0 Å². The lowest BCUT2D eigenvalue weighted by Gasteiger charge is -2.17. The van der Waals surface area contributed by atoms with E-state index in [1.165, 1.54) is 84.7 Å². The van der Waals surface area contributed by atoms with Crippen molar-refractivity contribution in [2.45, 2.75) is 105 Å². The molecular formula is C35H43N3. The maximum absolute atomic E-state index is 5.20.